The quantitative estimate of drug-likeness (QED) is 0.440. The fraction of sp³-hybridized carbons (Fsp3) is 0.350. The zero-order valence-corrected chi connectivity index (χ0v) is 17.2. The molecule has 1 heterocycles. The number of rotatable bonds is 4. The summed E-state index contributed by atoms with van der Waals surface area (Å²) >= 11 is 6.98. The van der Waals surface area contributed by atoms with Crippen LogP contribution in [0.3, 0.4) is 0 Å². The first-order chi connectivity index (χ1) is 12.9. The first-order valence-corrected chi connectivity index (χ1v) is 10.0. The lowest BCUT2D eigenvalue weighted by Gasteiger charge is -2.18. The molecule has 0 radical (unpaired) electrons. The average Bonchev–Trinajstić information content (AvgIpc) is 2.98. The molecule has 3 rings (SSSR count). The lowest BCUT2D eigenvalue weighted by Crippen LogP contribution is -2.20. The molecule has 0 spiro atoms. The Kier molecular flexibility index (Phi) is 5.92. The van der Waals surface area contributed by atoms with Crippen LogP contribution in [0.15, 0.2) is 24.3 Å². The number of esters is 1. The highest BCUT2D eigenvalue weighted by molar-refractivity contribution is 7.80. The molecule has 0 saturated heterocycles. The predicted molar refractivity (Wildman–Crippen MR) is 113 cm³/mol. The summed E-state index contributed by atoms with van der Waals surface area (Å²) in [6.07, 6.45) is 2.92. The van der Waals surface area contributed by atoms with Gasteiger partial charge in [0.15, 0.2) is 10.9 Å². The van der Waals surface area contributed by atoms with Gasteiger partial charge in [-0.2, -0.15) is 0 Å². The van der Waals surface area contributed by atoms with Gasteiger partial charge >= 0.3 is 5.97 Å². The molecular weight excluding hydrogens is 380 g/mol. The Morgan fingerprint density at radius 1 is 1.22 bits per heavy atom. The van der Waals surface area contributed by atoms with Gasteiger partial charge in [-0.3, -0.25) is 4.79 Å². The molecule has 0 aliphatic heterocycles. The normalized spacial score (nSPS) is 15.6. The predicted octanol–water partition coefficient (Wildman–Crippen LogP) is 4.67. The zero-order chi connectivity index (χ0) is 19.6. The molecule has 1 unspecified atom stereocenters. The number of hydrogen-bond acceptors (Lipinski definition) is 5. The summed E-state index contributed by atoms with van der Waals surface area (Å²) in [7, 11) is 1.40. The van der Waals surface area contributed by atoms with Crippen molar-refractivity contribution in [3.8, 4) is 0 Å². The summed E-state index contributed by atoms with van der Waals surface area (Å²) < 4.78 is 5.00. The van der Waals surface area contributed by atoms with Crippen LogP contribution >= 0.6 is 23.6 Å². The van der Waals surface area contributed by atoms with Gasteiger partial charge in [-0.05, 0) is 74.2 Å². The molecule has 1 aliphatic rings. The molecule has 7 heteroatoms. The number of ether oxygens (including phenoxy) is 1. The van der Waals surface area contributed by atoms with Crippen molar-refractivity contribution in [2.24, 2.45) is 5.92 Å². The summed E-state index contributed by atoms with van der Waals surface area (Å²) in [5.74, 6) is 0.292. The van der Waals surface area contributed by atoms with Crippen LogP contribution in [0, 0.1) is 5.92 Å². The van der Waals surface area contributed by atoms with Crippen LogP contribution < -0.4 is 10.6 Å². The number of ketones is 1. The third-order valence-corrected chi connectivity index (χ3v) is 6.05. The number of fused-ring (bicyclic) bond motifs is 1. The summed E-state index contributed by atoms with van der Waals surface area (Å²) in [6.45, 7) is 3.76. The second-order valence-electron chi connectivity index (χ2n) is 6.76. The van der Waals surface area contributed by atoms with E-state index in [4.69, 9.17) is 17.0 Å². The number of methoxy groups -OCH3 is 1. The van der Waals surface area contributed by atoms with Gasteiger partial charge in [-0.15, -0.1) is 11.3 Å². The summed E-state index contributed by atoms with van der Waals surface area (Å²) in [5, 5.41) is 7.36. The van der Waals surface area contributed by atoms with E-state index < -0.39 is 0 Å². The van der Waals surface area contributed by atoms with E-state index in [1.807, 2.05) is 0 Å². The number of carbonyl (C=O) groups excluding carboxylic acids is 2. The molecule has 0 amide bonds. The van der Waals surface area contributed by atoms with Crippen LogP contribution in [-0.4, -0.2) is 24.0 Å². The minimum absolute atomic E-state index is 0.0170. The third-order valence-electron chi connectivity index (χ3n) is 4.68. The highest BCUT2D eigenvalue weighted by atomic mass is 32.1. The number of anilines is 2. The summed E-state index contributed by atoms with van der Waals surface area (Å²) in [6, 6.07) is 7.09. The smallest absolute Gasteiger partial charge is 0.341 e. The first-order valence-electron chi connectivity index (χ1n) is 8.81. The maximum absolute atomic E-state index is 12.3. The van der Waals surface area contributed by atoms with Crippen LogP contribution in [0.2, 0.25) is 0 Å². The Morgan fingerprint density at radius 2 is 1.93 bits per heavy atom. The first kappa shape index (κ1) is 19.5. The molecule has 2 N–H and O–H groups in total. The van der Waals surface area contributed by atoms with Gasteiger partial charge in [0.05, 0.1) is 12.7 Å². The van der Waals surface area contributed by atoms with Gasteiger partial charge in [-0.25, -0.2) is 4.79 Å². The van der Waals surface area contributed by atoms with E-state index >= 15 is 0 Å². The van der Waals surface area contributed by atoms with Crippen molar-refractivity contribution in [3.05, 3.63) is 45.8 Å². The van der Waals surface area contributed by atoms with Crippen molar-refractivity contribution < 1.29 is 14.3 Å². The standard InChI is InChI=1S/C20H22N2O3S2/c1-11-4-9-15-16(10-11)27-18(17(15)19(24)25-3)22-20(26)21-14-7-5-13(6-8-14)12(2)23/h5-8,11H,4,9-10H2,1-3H3,(H2,21,22,26). The molecule has 2 aromatic rings. The van der Waals surface area contributed by atoms with Crippen molar-refractivity contribution in [1.29, 1.82) is 0 Å². The van der Waals surface area contributed by atoms with E-state index in [1.54, 1.807) is 35.6 Å². The number of hydrogen-bond donors (Lipinski definition) is 2. The summed E-state index contributed by atoms with van der Waals surface area (Å²) in [5.41, 5.74) is 3.10. The van der Waals surface area contributed by atoms with E-state index in [1.165, 1.54) is 18.9 Å². The SMILES string of the molecule is COC(=O)c1c(NC(=S)Nc2ccc(C(C)=O)cc2)sc2c1CCC(C)C2. The lowest BCUT2D eigenvalue weighted by molar-refractivity contribution is 0.0600. The van der Waals surface area contributed by atoms with Gasteiger partial charge in [-0.1, -0.05) is 6.92 Å². The van der Waals surface area contributed by atoms with Gasteiger partial charge in [0.1, 0.15) is 5.00 Å². The van der Waals surface area contributed by atoms with E-state index in [0.29, 0.717) is 22.2 Å². The molecule has 27 heavy (non-hydrogen) atoms. The number of Topliss-reactive ketones (excluding diaryl/α,β-unsaturated/α-hetero) is 1. The lowest BCUT2D eigenvalue weighted by atomic mass is 9.88. The van der Waals surface area contributed by atoms with Crippen LogP contribution in [0.5, 0.6) is 0 Å². The molecule has 0 saturated carbocycles. The van der Waals surface area contributed by atoms with Crippen LogP contribution in [0.4, 0.5) is 10.7 Å². The Hall–Kier alpha value is -2.25. The van der Waals surface area contributed by atoms with Crippen molar-refractivity contribution in [1.82, 2.24) is 0 Å². The fourth-order valence-electron chi connectivity index (χ4n) is 3.21. The van der Waals surface area contributed by atoms with Crippen molar-refractivity contribution in [2.75, 3.05) is 17.7 Å². The Bertz CT molecular complexity index is 887. The fourth-order valence-corrected chi connectivity index (χ4v) is 4.90. The Morgan fingerprint density at radius 3 is 2.56 bits per heavy atom. The van der Waals surface area contributed by atoms with Gasteiger partial charge in [0.25, 0.3) is 0 Å². The number of carbonyl (C=O) groups is 2. The number of benzene rings is 1. The van der Waals surface area contributed by atoms with Crippen LogP contribution in [0.25, 0.3) is 0 Å². The molecular formula is C20H22N2O3S2. The molecule has 1 aromatic heterocycles. The third kappa shape index (κ3) is 4.36. The molecule has 142 valence electrons. The molecule has 0 fully saturated rings. The van der Waals surface area contributed by atoms with Gasteiger partial charge in [0, 0.05) is 16.1 Å². The van der Waals surface area contributed by atoms with Gasteiger partial charge in [0.2, 0.25) is 0 Å². The molecule has 1 atom stereocenters. The van der Waals surface area contributed by atoms with Crippen LogP contribution in [-0.2, 0) is 17.6 Å². The minimum Gasteiger partial charge on any atom is -0.465 e. The van der Waals surface area contributed by atoms with E-state index in [9.17, 15) is 9.59 Å². The van der Waals surface area contributed by atoms with E-state index in [2.05, 4.69) is 17.6 Å². The maximum Gasteiger partial charge on any atom is 0.341 e. The highest BCUT2D eigenvalue weighted by Gasteiger charge is 2.28. The topological polar surface area (TPSA) is 67.4 Å². The van der Waals surface area contributed by atoms with E-state index in [0.717, 1.165) is 35.5 Å². The molecule has 0 bridgehead atoms. The van der Waals surface area contributed by atoms with Crippen molar-refractivity contribution >= 4 is 51.1 Å². The number of nitrogens with one attached hydrogen (secondary N) is 2. The number of thiocarbonyl (C=S) groups is 1. The molecule has 5 nitrogen and oxygen atoms in total. The average molecular weight is 403 g/mol. The summed E-state index contributed by atoms with van der Waals surface area (Å²) in [4.78, 5) is 24.9. The maximum atomic E-state index is 12.3. The Balaban J connectivity index is 1.79. The molecule has 1 aliphatic carbocycles. The van der Waals surface area contributed by atoms with Gasteiger partial charge < -0.3 is 15.4 Å². The van der Waals surface area contributed by atoms with Crippen molar-refractivity contribution in [3.63, 3.8) is 0 Å². The second kappa shape index (κ2) is 8.19. The number of thiophene rings is 1. The Labute approximate surface area is 168 Å². The zero-order valence-electron chi connectivity index (χ0n) is 15.5. The second-order valence-corrected chi connectivity index (χ2v) is 8.27. The van der Waals surface area contributed by atoms with E-state index in [-0.39, 0.29) is 11.8 Å². The minimum atomic E-state index is -0.335. The monoisotopic (exact) mass is 402 g/mol. The van der Waals surface area contributed by atoms with Crippen LogP contribution in [0.1, 0.15) is 51.4 Å². The highest BCUT2D eigenvalue weighted by Crippen LogP contribution is 2.40. The molecule has 1 aromatic carbocycles. The largest absolute Gasteiger partial charge is 0.465 e. The van der Waals surface area contributed by atoms with Crippen molar-refractivity contribution in [2.45, 2.75) is 33.1 Å².